The normalized spacial score (nSPS) is 27.1. The molecule has 1 aromatic rings. The highest BCUT2D eigenvalue weighted by Gasteiger charge is 2.52. The maximum atomic E-state index is 14.4. The van der Waals surface area contributed by atoms with Gasteiger partial charge in [-0.3, -0.25) is 4.90 Å². The van der Waals surface area contributed by atoms with Gasteiger partial charge in [-0.2, -0.15) is 0 Å². The molecule has 0 radical (unpaired) electrons. The largest absolute Gasteiger partial charge is 0.497 e. The van der Waals surface area contributed by atoms with Crippen molar-refractivity contribution in [2.24, 2.45) is 5.41 Å². The molecule has 4 rings (SSSR count). The van der Waals surface area contributed by atoms with Crippen molar-refractivity contribution in [2.45, 2.75) is 64.7 Å². The van der Waals surface area contributed by atoms with Crippen LogP contribution in [0.3, 0.4) is 0 Å². The van der Waals surface area contributed by atoms with Crippen molar-refractivity contribution in [3.05, 3.63) is 29.6 Å². The lowest BCUT2D eigenvalue weighted by atomic mass is 9.63. The molecule has 3 fully saturated rings. The Morgan fingerprint density at radius 3 is 2.25 bits per heavy atom. The van der Waals surface area contributed by atoms with Crippen LogP contribution in [0, 0.1) is 11.2 Å². The van der Waals surface area contributed by atoms with Gasteiger partial charge in [-0.05, 0) is 57.6 Å². The molecule has 0 N–H and O–H groups in total. The predicted molar refractivity (Wildman–Crippen MR) is 93.7 cm³/mol. The summed E-state index contributed by atoms with van der Waals surface area (Å²) < 4.78 is 26.4. The van der Waals surface area contributed by atoms with E-state index in [1.807, 2.05) is 39.8 Å². The SMILES string of the molecule is CC1(C)OB(c2cc(CN3CC4(CCC4)C3)ccc2F)OC1(C)C. The van der Waals surface area contributed by atoms with Crippen molar-refractivity contribution in [1.29, 1.82) is 0 Å². The van der Waals surface area contributed by atoms with E-state index in [-0.39, 0.29) is 5.82 Å². The average molecular weight is 331 g/mol. The van der Waals surface area contributed by atoms with Crippen LogP contribution in [0.2, 0.25) is 0 Å². The molecule has 1 spiro atoms. The minimum absolute atomic E-state index is 0.253. The van der Waals surface area contributed by atoms with Crippen LogP contribution in [-0.2, 0) is 15.9 Å². The van der Waals surface area contributed by atoms with E-state index < -0.39 is 18.3 Å². The standard InChI is InChI=1S/C19H27BFNO2/c1-17(2)18(3,4)24-20(23-17)15-10-14(6-7-16(15)21)11-22-12-19(13-22)8-5-9-19/h6-7,10H,5,8-9,11-13H2,1-4H3. The van der Waals surface area contributed by atoms with E-state index in [0.29, 0.717) is 10.9 Å². The van der Waals surface area contributed by atoms with Crippen LogP contribution in [0.5, 0.6) is 0 Å². The molecular formula is C19H27BFNO2. The fourth-order valence-electron chi connectivity index (χ4n) is 4.11. The first kappa shape index (κ1) is 16.6. The smallest absolute Gasteiger partial charge is 0.399 e. The number of hydrogen-bond donors (Lipinski definition) is 0. The molecule has 1 aromatic carbocycles. The molecule has 0 aromatic heterocycles. The highest BCUT2D eigenvalue weighted by Crippen LogP contribution is 2.48. The van der Waals surface area contributed by atoms with Crippen LogP contribution in [0.25, 0.3) is 0 Å². The number of benzene rings is 1. The van der Waals surface area contributed by atoms with Gasteiger partial charge in [0.2, 0.25) is 0 Å². The van der Waals surface area contributed by atoms with E-state index in [1.165, 1.54) is 32.4 Å². The van der Waals surface area contributed by atoms with Crippen molar-refractivity contribution in [3.8, 4) is 0 Å². The summed E-state index contributed by atoms with van der Waals surface area (Å²) in [5.74, 6) is -0.253. The number of hydrogen-bond acceptors (Lipinski definition) is 3. The third kappa shape index (κ3) is 2.61. The minimum atomic E-state index is -0.635. The zero-order chi connectivity index (χ0) is 17.2. The molecule has 24 heavy (non-hydrogen) atoms. The van der Waals surface area contributed by atoms with Gasteiger partial charge in [-0.25, -0.2) is 4.39 Å². The number of halogens is 1. The zero-order valence-corrected chi connectivity index (χ0v) is 15.2. The molecule has 2 saturated heterocycles. The molecule has 1 saturated carbocycles. The summed E-state index contributed by atoms with van der Waals surface area (Å²) >= 11 is 0. The van der Waals surface area contributed by atoms with Gasteiger partial charge in [0.25, 0.3) is 0 Å². The van der Waals surface area contributed by atoms with Gasteiger partial charge >= 0.3 is 7.12 Å². The zero-order valence-electron chi connectivity index (χ0n) is 15.2. The Morgan fingerprint density at radius 1 is 1.08 bits per heavy atom. The fraction of sp³-hybridized carbons (Fsp3) is 0.684. The van der Waals surface area contributed by atoms with Gasteiger partial charge in [0.15, 0.2) is 0 Å². The van der Waals surface area contributed by atoms with Crippen molar-refractivity contribution >= 4 is 12.6 Å². The Kier molecular flexibility index (Phi) is 3.65. The summed E-state index contributed by atoms with van der Waals surface area (Å²) in [6.45, 7) is 11.2. The number of rotatable bonds is 3. The quantitative estimate of drug-likeness (QED) is 0.795. The van der Waals surface area contributed by atoms with E-state index in [4.69, 9.17) is 9.31 Å². The summed E-state index contributed by atoms with van der Waals surface area (Å²) in [6, 6.07) is 5.35. The fourth-order valence-corrected chi connectivity index (χ4v) is 4.11. The second-order valence-corrected chi connectivity index (χ2v) is 8.94. The molecule has 5 heteroatoms. The first-order chi connectivity index (χ1) is 11.2. The van der Waals surface area contributed by atoms with Gasteiger partial charge < -0.3 is 9.31 Å². The monoisotopic (exact) mass is 331 g/mol. The summed E-state index contributed by atoms with van der Waals surface area (Å²) in [6.07, 6.45) is 4.15. The van der Waals surface area contributed by atoms with Gasteiger partial charge in [-0.15, -0.1) is 0 Å². The summed E-state index contributed by atoms with van der Waals surface area (Å²) in [7, 11) is -0.635. The molecule has 0 amide bonds. The van der Waals surface area contributed by atoms with Crippen LogP contribution >= 0.6 is 0 Å². The van der Waals surface area contributed by atoms with E-state index in [9.17, 15) is 4.39 Å². The maximum Gasteiger partial charge on any atom is 0.497 e. The molecule has 3 aliphatic rings. The third-order valence-corrected chi connectivity index (χ3v) is 6.51. The van der Waals surface area contributed by atoms with Gasteiger partial charge in [0.05, 0.1) is 11.2 Å². The topological polar surface area (TPSA) is 21.7 Å². The molecule has 0 unspecified atom stereocenters. The molecular weight excluding hydrogens is 304 g/mol. The molecule has 130 valence electrons. The van der Waals surface area contributed by atoms with Gasteiger partial charge in [-0.1, -0.05) is 18.6 Å². The molecule has 1 aliphatic carbocycles. The van der Waals surface area contributed by atoms with Crippen LogP contribution in [0.15, 0.2) is 18.2 Å². The van der Waals surface area contributed by atoms with Crippen molar-refractivity contribution < 1.29 is 13.7 Å². The Balaban J connectivity index is 1.48. The summed E-state index contributed by atoms with van der Waals surface area (Å²) in [5.41, 5.74) is 1.37. The van der Waals surface area contributed by atoms with E-state index >= 15 is 0 Å². The highest BCUT2D eigenvalue weighted by atomic mass is 19.1. The molecule has 0 bridgehead atoms. The Labute approximate surface area is 144 Å². The summed E-state index contributed by atoms with van der Waals surface area (Å²) in [5, 5.41) is 0. The lowest BCUT2D eigenvalue weighted by Gasteiger charge is -2.56. The second-order valence-electron chi connectivity index (χ2n) is 8.94. The van der Waals surface area contributed by atoms with E-state index in [2.05, 4.69) is 4.90 Å². The summed E-state index contributed by atoms with van der Waals surface area (Å²) in [4.78, 5) is 2.46. The van der Waals surface area contributed by atoms with Crippen molar-refractivity contribution in [2.75, 3.05) is 13.1 Å². The first-order valence-electron chi connectivity index (χ1n) is 9.06. The van der Waals surface area contributed by atoms with Gasteiger partial charge in [0.1, 0.15) is 5.82 Å². The van der Waals surface area contributed by atoms with Crippen LogP contribution in [-0.4, -0.2) is 36.3 Å². The Morgan fingerprint density at radius 2 is 1.71 bits per heavy atom. The number of nitrogens with zero attached hydrogens (tertiary/aromatic N) is 1. The molecule has 2 heterocycles. The third-order valence-electron chi connectivity index (χ3n) is 6.51. The van der Waals surface area contributed by atoms with Crippen LogP contribution < -0.4 is 5.46 Å². The highest BCUT2D eigenvalue weighted by molar-refractivity contribution is 6.62. The minimum Gasteiger partial charge on any atom is -0.399 e. The Bertz CT molecular complexity index is 633. The van der Waals surface area contributed by atoms with Crippen LogP contribution in [0.4, 0.5) is 4.39 Å². The van der Waals surface area contributed by atoms with E-state index in [0.717, 1.165) is 12.1 Å². The Hall–Kier alpha value is -0.905. The first-order valence-corrected chi connectivity index (χ1v) is 9.06. The average Bonchev–Trinajstić information content (AvgIpc) is 2.61. The van der Waals surface area contributed by atoms with Gasteiger partial charge in [0, 0.05) is 25.1 Å². The number of likely N-dealkylation sites (tertiary alicyclic amines) is 1. The second kappa shape index (κ2) is 5.29. The van der Waals surface area contributed by atoms with Crippen molar-refractivity contribution in [3.63, 3.8) is 0 Å². The lowest BCUT2D eigenvalue weighted by Crippen LogP contribution is -2.59. The van der Waals surface area contributed by atoms with Crippen molar-refractivity contribution in [1.82, 2.24) is 4.90 Å². The predicted octanol–water partition coefficient (Wildman–Crippen LogP) is 3.11. The molecule has 0 atom stereocenters. The molecule has 2 aliphatic heterocycles. The van der Waals surface area contributed by atoms with E-state index in [1.54, 1.807) is 6.07 Å². The molecule has 3 nitrogen and oxygen atoms in total. The lowest BCUT2D eigenvalue weighted by molar-refractivity contribution is -0.0645. The van der Waals surface area contributed by atoms with Crippen LogP contribution in [0.1, 0.15) is 52.5 Å². The maximum absolute atomic E-state index is 14.4.